The maximum absolute atomic E-state index is 13.6. The first kappa shape index (κ1) is 19.4. The Balaban J connectivity index is 1.60. The zero-order chi connectivity index (χ0) is 20.3. The number of carbonyl (C=O) groups is 3. The number of nitrogens with zero attached hydrogens (tertiary/aromatic N) is 1. The van der Waals surface area contributed by atoms with E-state index in [1.165, 1.54) is 12.1 Å². The van der Waals surface area contributed by atoms with E-state index in [0.29, 0.717) is 24.7 Å². The largest absolute Gasteiger partial charge is 0.343 e. The van der Waals surface area contributed by atoms with Gasteiger partial charge in [0, 0.05) is 24.2 Å². The Bertz CT molecular complexity index is 949. The van der Waals surface area contributed by atoms with E-state index in [4.69, 9.17) is 0 Å². The Labute approximate surface area is 158 Å². The number of amides is 3. The third kappa shape index (κ3) is 4.13. The first-order valence-electron chi connectivity index (χ1n) is 8.49. The smallest absolute Gasteiger partial charge is 0.251 e. The minimum absolute atomic E-state index is 0.0227. The fraction of sp³-hybridized carbons (Fsp3) is 0.211. The molecule has 1 fully saturated rings. The van der Waals surface area contributed by atoms with Crippen molar-refractivity contribution in [3.05, 3.63) is 59.4 Å². The van der Waals surface area contributed by atoms with Gasteiger partial charge >= 0.3 is 0 Å². The van der Waals surface area contributed by atoms with Crippen LogP contribution < -0.4 is 15.5 Å². The summed E-state index contributed by atoms with van der Waals surface area (Å²) in [5.41, 5.74) is 0.292. The van der Waals surface area contributed by atoms with Gasteiger partial charge in [-0.15, -0.1) is 0 Å². The third-order valence-electron chi connectivity index (χ3n) is 4.21. The molecule has 2 N–H and O–H groups in total. The molecule has 0 unspecified atom stereocenters. The zero-order valence-electron chi connectivity index (χ0n) is 14.6. The van der Waals surface area contributed by atoms with Crippen molar-refractivity contribution in [2.45, 2.75) is 12.8 Å². The van der Waals surface area contributed by atoms with Crippen LogP contribution in [0.1, 0.15) is 23.2 Å². The van der Waals surface area contributed by atoms with Crippen LogP contribution in [0.25, 0.3) is 0 Å². The Hall–Kier alpha value is -3.36. The van der Waals surface area contributed by atoms with Crippen molar-refractivity contribution in [2.75, 3.05) is 23.3 Å². The molecule has 0 bridgehead atoms. The molecular formula is C19H16F3N3O3. The number of hydrogen-bond donors (Lipinski definition) is 2. The van der Waals surface area contributed by atoms with Gasteiger partial charge in [0.2, 0.25) is 11.8 Å². The van der Waals surface area contributed by atoms with Gasteiger partial charge in [0.1, 0.15) is 0 Å². The van der Waals surface area contributed by atoms with Crippen molar-refractivity contribution in [2.24, 2.45) is 0 Å². The van der Waals surface area contributed by atoms with Crippen molar-refractivity contribution in [3.63, 3.8) is 0 Å². The van der Waals surface area contributed by atoms with Gasteiger partial charge in [-0.1, -0.05) is 6.07 Å². The van der Waals surface area contributed by atoms with Crippen molar-refractivity contribution >= 4 is 29.1 Å². The minimum Gasteiger partial charge on any atom is -0.343 e. The summed E-state index contributed by atoms with van der Waals surface area (Å²) in [5.74, 6) is -6.01. The highest BCUT2D eigenvalue weighted by Crippen LogP contribution is 2.22. The zero-order valence-corrected chi connectivity index (χ0v) is 14.6. The summed E-state index contributed by atoms with van der Waals surface area (Å²) in [6.45, 7) is 0.0657. The topological polar surface area (TPSA) is 78.5 Å². The Kier molecular flexibility index (Phi) is 5.62. The molecule has 3 amide bonds. The molecule has 1 saturated heterocycles. The molecule has 0 radical (unpaired) electrons. The predicted octanol–water partition coefficient (Wildman–Crippen LogP) is 2.60. The number of rotatable bonds is 5. The van der Waals surface area contributed by atoms with Crippen molar-refractivity contribution in [1.29, 1.82) is 0 Å². The maximum Gasteiger partial charge on any atom is 0.251 e. The van der Waals surface area contributed by atoms with Gasteiger partial charge in [0.15, 0.2) is 17.5 Å². The first-order chi connectivity index (χ1) is 13.4. The van der Waals surface area contributed by atoms with Gasteiger partial charge in [-0.25, -0.2) is 13.2 Å². The lowest BCUT2D eigenvalue weighted by atomic mass is 10.1. The number of benzene rings is 2. The van der Waals surface area contributed by atoms with Gasteiger partial charge in [0.25, 0.3) is 5.91 Å². The van der Waals surface area contributed by atoms with Gasteiger partial charge in [0.05, 0.1) is 12.2 Å². The van der Waals surface area contributed by atoms with E-state index in [1.54, 1.807) is 17.0 Å². The number of halogens is 3. The van der Waals surface area contributed by atoms with Gasteiger partial charge in [-0.2, -0.15) is 0 Å². The van der Waals surface area contributed by atoms with E-state index in [9.17, 15) is 27.6 Å². The second kappa shape index (κ2) is 8.12. The number of nitrogens with one attached hydrogen (secondary N) is 2. The fourth-order valence-electron chi connectivity index (χ4n) is 2.82. The van der Waals surface area contributed by atoms with E-state index in [1.807, 2.05) is 0 Å². The lowest BCUT2D eigenvalue weighted by molar-refractivity contribution is -0.117. The third-order valence-corrected chi connectivity index (χ3v) is 4.21. The molecule has 0 atom stereocenters. The number of carbonyl (C=O) groups excluding carboxylic acids is 3. The second-order valence-electron chi connectivity index (χ2n) is 6.15. The minimum atomic E-state index is -1.70. The molecule has 1 aliphatic heterocycles. The van der Waals surface area contributed by atoms with E-state index in [-0.39, 0.29) is 11.5 Å². The van der Waals surface area contributed by atoms with Gasteiger partial charge < -0.3 is 15.5 Å². The summed E-state index contributed by atoms with van der Waals surface area (Å²) < 4.78 is 39.6. The molecule has 6 nitrogen and oxygen atoms in total. The molecule has 1 heterocycles. The molecule has 2 aromatic rings. The van der Waals surface area contributed by atoms with Crippen LogP contribution in [0.2, 0.25) is 0 Å². The highest BCUT2D eigenvalue weighted by Gasteiger charge is 2.22. The molecule has 0 saturated carbocycles. The first-order valence-corrected chi connectivity index (χ1v) is 8.49. The molecule has 3 rings (SSSR count). The Morgan fingerprint density at radius 3 is 2.57 bits per heavy atom. The molecule has 0 aliphatic carbocycles. The lowest BCUT2D eigenvalue weighted by Gasteiger charge is -2.16. The van der Waals surface area contributed by atoms with Gasteiger partial charge in [-0.3, -0.25) is 14.4 Å². The lowest BCUT2D eigenvalue weighted by Crippen LogP contribution is -2.33. The second-order valence-corrected chi connectivity index (χ2v) is 6.15. The normalized spacial score (nSPS) is 13.5. The van der Waals surface area contributed by atoms with Crippen LogP contribution in [0.4, 0.5) is 24.5 Å². The summed E-state index contributed by atoms with van der Waals surface area (Å²) in [6.07, 6.45) is 1.20. The molecule has 28 heavy (non-hydrogen) atoms. The van der Waals surface area contributed by atoms with E-state index in [0.717, 1.165) is 12.5 Å². The summed E-state index contributed by atoms with van der Waals surface area (Å²) >= 11 is 0. The van der Waals surface area contributed by atoms with Crippen LogP contribution in [0.5, 0.6) is 0 Å². The van der Waals surface area contributed by atoms with Gasteiger partial charge in [-0.05, 0) is 36.8 Å². The number of anilines is 2. The molecule has 9 heteroatoms. The summed E-state index contributed by atoms with van der Waals surface area (Å²) in [7, 11) is 0. The molecule has 146 valence electrons. The number of hydrogen-bond acceptors (Lipinski definition) is 3. The van der Waals surface area contributed by atoms with Crippen LogP contribution in [-0.4, -0.2) is 30.8 Å². The fourth-order valence-corrected chi connectivity index (χ4v) is 2.82. The Morgan fingerprint density at radius 2 is 1.86 bits per heavy atom. The summed E-state index contributed by atoms with van der Waals surface area (Å²) in [5, 5.41) is 4.41. The summed E-state index contributed by atoms with van der Waals surface area (Å²) in [6, 6.07) is 7.94. The predicted molar refractivity (Wildman–Crippen MR) is 95.3 cm³/mol. The van der Waals surface area contributed by atoms with Crippen LogP contribution >= 0.6 is 0 Å². The van der Waals surface area contributed by atoms with Crippen molar-refractivity contribution in [1.82, 2.24) is 5.32 Å². The van der Waals surface area contributed by atoms with E-state index < -0.39 is 41.5 Å². The highest BCUT2D eigenvalue weighted by molar-refractivity contribution is 6.01. The van der Waals surface area contributed by atoms with Crippen LogP contribution in [0.3, 0.4) is 0 Å². The van der Waals surface area contributed by atoms with Crippen LogP contribution in [0, 0.1) is 17.5 Å². The quantitative estimate of drug-likeness (QED) is 0.769. The van der Waals surface area contributed by atoms with E-state index >= 15 is 0 Å². The molecule has 1 aliphatic rings. The SMILES string of the molecule is O=C(CNC(=O)c1cccc(N2CCCC2=O)c1)Nc1ccc(F)c(F)c1F. The summed E-state index contributed by atoms with van der Waals surface area (Å²) in [4.78, 5) is 37.5. The van der Waals surface area contributed by atoms with Crippen LogP contribution in [0.15, 0.2) is 36.4 Å². The van der Waals surface area contributed by atoms with Crippen LogP contribution in [-0.2, 0) is 9.59 Å². The van der Waals surface area contributed by atoms with Crippen molar-refractivity contribution < 1.29 is 27.6 Å². The standard InChI is InChI=1S/C19H16F3N3O3/c20-13-6-7-14(18(22)17(13)21)24-15(26)10-23-19(28)11-3-1-4-12(9-11)25-8-2-5-16(25)27/h1,3-4,6-7,9H,2,5,8,10H2,(H,23,28)(H,24,26). The van der Waals surface area contributed by atoms with Crippen molar-refractivity contribution in [3.8, 4) is 0 Å². The molecule has 0 spiro atoms. The molecule has 2 aromatic carbocycles. The molecular weight excluding hydrogens is 375 g/mol. The van der Waals surface area contributed by atoms with E-state index in [2.05, 4.69) is 10.6 Å². The monoisotopic (exact) mass is 391 g/mol. The highest BCUT2D eigenvalue weighted by atomic mass is 19.2. The molecule has 0 aromatic heterocycles. The average Bonchev–Trinajstić information content (AvgIpc) is 3.12. The Morgan fingerprint density at radius 1 is 1.07 bits per heavy atom. The average molecular weight is 391 g/mol. The maximum atomic E-state index is 13.6.